The van der Waals surface area contributed by atoms with Crippen LogP contribution < -0.4 is 9.80 Å². The van der Waals surface area contributed by atoms with E-state index in [2.05, 4.69) is 15.0 Å². The summed E-state index contributed by atoms with van der Waals surface area (Å²) in [6.45, 7) is 8.77. The molecule has 1 amide bonds. The molecule has 0 radical (unpaired) electrons. The molecule has 10 nitrogen and oxygen atoms in total. The summed E-state index contributed by atoms with van der Waals surface area (Å²) < 4.78 is 35.2. The molecular formula is C23H28F2N8O2. The third kappa shape index (κ3) is 4.38. The molecule has 2 atom stereocenters. The van der Waals surface area contributed by atoms with Crippen LogP contribution in [0.3, 0.4) is 0 Å². The topological polar surface area (TPSA) is 92.5 Å². The lowest BCUT2D eigenvalue weighted by Crippen LogP contribution is -2.50. The number of fused-ring (bicyclic) bond motifs is 1. The second-order valence-corrected chi connectivity index (χ2v) is 8.83. The van der Waals surface area contributed by atoms with Gasteiger partial charge in [0.25, 0.3) is 6.43 Å². The van der Waals surface area contributed by atoms with Gasteiger partial charge in [0.1, 0.15) is 0 Å². The standard InChI is InChI=1S/C23H28F2N8O2/c1-14-15(2)35-13-12-32(14)22-27-21(31-10-8-30(9-11-31)16(3)34)28-23(29-22)33-18-7-5-4-6-17(18)26-20(33)19(24)25/h4-7,14-15,19H,8-13H2,1-3H3. The zero-order valence-electron chi connectivity index (χ0n) is 19.9. The molecule has 0 bridgehead atoms. The highest BCUT2D eigenvalue weighted by molar-refractivity contribution is 5.77. The Labute approximate surface area is 201 Å². The molecule has 0 spiro atoms. The van der Waals surface area contributed by atoms with Crippen LogP contribution in [0, 0.1) is 0 Å². The van der Waals surface area contributed by atoms with E-state index in [0.717, 1.165) is 0 Å². The Kier molecular flexibility index (Phi) is 6.22. The molecular weight excluding hydrogens is 458 g/mol. The minimum atomic E-state index is -2.81. The number of carbonyl (C=O) groups excluding carboxylic acids is 1. The molecule has 2 saturated heterocycles. The number of imidazole rings is 1. The molecule has 3 aromatic rings. The van der Waals surface area contributed by atoms with Gasteiger partial charge in [-0.3, -0.25) is 9.36 Å². The molecule has 35 heavy (non-hydrogen) atoms. The minimum Gasteiger partial charge on any atom is -0.375 e. The molecule has 4 heterocycles. The summed E-state index contributed by atoms with van der Waals surface area (Å²) in [4.78, 5) is 35.7. The van der Waals surface area contributed by atoms with Gasteiger partial charge in [0.15, 0.2) is 5.82 Å². The summed E-state index contributed by atoms with van der Waals surface area (Å²) >= 11 is 0. The highest BCUT2D eigenvalue weighted by atomic mass is 19.3. The predicted molar refractivity (Wildman–Crippen MR) is 126 cm³/mol. The zero-order valence-corrected chi connectivity index (χ0v) is 19.9. The second-order valence-electron chi connectivity index (χ2n) is 8.83. The fourth-order valence-electron chi connectivity index (χ4n) is 4.55. The molecule has 2 aliphatic rings. The third-order valence-electron chi connectivity index (χ3n) is 6.73. The van der Waals surface area contributed by atoms with Crippen molar-refractivity contribution in [2.75, 3.05) is 49.1 Å². The Morgan fingerprint density at radius 2 is 1.66 bits per heavy atom. The molecule has 2 aliphatic heterocycles. The number of rotatable bonds is 4. The molecule has 1 aromatic carbocycles. The van der Waals surface area contributed by atoms with Crippen LogP contribution in [0.1, 0.15) is 33.0 Å². The van der Waals surface area contributed by atoms with E-state index in [-0.39, 0.29) is 24.0 Å². The predicted octanol–water partition coefficient (Wildman–Crippen LogP) is 2.43. The van der Waals surface area contributed by atoms with E-state index in [9.17, 15) is 13.6 Å². The number of ether oxygens (including phenoxy) is 1. The maximum absolute atomic E-state index is 14.1. The average molecular weight is 487 g/mol. The van der Waals surface area contributed by atoms with Crippen molar-refractivity contribution in [3.8, 4) is 5.95 Å². The first-order valence-corrected chi connectivity index (χ1v) is 11.7. The second kappa shape index (κ2) is 9.33. The van der Waals surface area contributed by atoms with Gasteiger partial charge in [-0.1, -0.05) is 12.1 Å². The molecule has 0 saturated carbocycles. The Morgan fingerprint density at radius 3 is 2.37 bits per heavy atom. The molecule has 2 unspecified atom stereocenters. The number of nitrogens with zero attached hydrogens (tertiary/aromatic N) is 8. The molecule has 12 heteroatoms. The summed E-state index contributed by atoms with van der Waals surface area (Å²) in [5.41, 5.74) is 0.936. The number of para-hydroxylation sites is 2. The van der Waals surface area contributed by atoms with Crippen molar-refractivity contribution in [3.05, 3.63) is 30.1 Å². The minimum absolute atomic E-state index is 0.0178. The maximum atomic E-state index is 14.1. The van der Waals surface area contributed by atoms with Crippen LogP contribution in [0.2, 0.25) is 0 Å². The monoisotopic (exact) mass is 486 g/mol. The molecule has 2 fully saturated rings. The van der Waals surface area contributed by atoms with Gasteiger partial charge in [-0.25, -0.2) is 13.8 Å². The lowest BCUT2D eigenvalue weighted by molar-refractivity contribution is -0.129. The highest BCUT2D eigenvalue weighted by Gasteiger charge is 2.31. The SMILES string of the molecule is CC(=O)N1CCN(c2nc(N3CCOC(C)C3C)nc(-n3c(C(F)F)nc4ccccc43)n2)CC1. The van der Waals surface area contributed by atoms with Gasteiger partial charge >= 0.3 is 0 Å². The summed E-state index contributed by atoms with van der Waals surface area (Å²) in [5.74, 6) is 0.481. The summed E-state index contributed by atoms with van der Waals surface area (Å²) in [5, 5.41) is 0. The zero-order chi connectivity index (χ0) is 24.7. The summed E-state index contributed by atoms with van der Waals surface area (Å²) in [6.07, 6.45) is -2.86. The fraction of sp³-hybridized carbons (Fsp3) is 0.522. The molecule has 0 aliphatic carbocycles. The molecule has 0 N–H and O–H groups in total. The number of morpholine rings is 1. The lowest BCUT2D eigenvalue weighted by Gasteiger charge is -2.38. The Morgan fingerprint density at radius 1 is 0.971 bits per heavy atom. The first kappa shape index (κ1) is 23.3. The van der Waals surface area contributed by atoms with Gasteiger partial charge in [0, 0.05) is 39.6 Å². The Hall–Kier alpha value is -3.41. The maximum Gasteiger partial charge on any atom is 0.296 e. The van der Waals surface area contributed by atoms with Crippen LogP contribution in [0.15, 0.2) is 24.3 Å². The quantitative estimate of drug-likeness (QED) is 0.555. The molecule has 186 valence electrons. The van der Waals surface area contributed by atoms with Gasteiger partial charge in [-0.15, -0.1) is 0 Å². The van der Waals surface area contributed by atoms with Crippen LogP contribution in [0.25, 0.3) is 17.0 Å². The van der Waals surface area contributed by atoms with E-state index >= 15 is 0 Å². The number of hydrogen-bond donors (Lipinski definition) is 0. The van der Waals surface area contributed by atoms with Crippen molar-refractivity contribution in [1.29, 1.82) is 0 Å². The van der Waals surface area contributed by atoms with E-state index in [1.54, 1.807) is 36.1 Å². The average Bonchev–Trinajstić information content (AvgIpc) is 3.26. The van der Waals surface area contributed by atoms with Crippen LogP contribution in [-0.2, 0) is 9.53 Å². The van der Waals surface area contributed by atoms with Gasteiger partial charge in [0.05, 0.1) is 29.8 Å². The smallest absolute Gasteiger partial charge is 0.296 e. The van der Waals surface area contributed by atoms with E-state index in [1.165, 1.54) is 4.57 Å². The number of alkyl halides is 2. The van der Waals surface area contributed by atoms with Crippen LogP contribution >= 0.6 is 0 Å². The molecule has 5 rings (SSSR count). The lowest BCUT2D eigenvalue weighted by atomic mass is 10.1. The number of anilines is 2. The number of aromatic nitrogens is 5. The highest BCUT2D eigenvalue weighted by Crippen LogP contribution is 2.29. The fourth-order valence-corrected chi connectivity index (χ4v) is 4.55. The van der Waals surface area contributed by atoms with Crippen molar-refractivity contribution >= 4 is 28.8 Å². The third-order valence-corrected chi connectivity index (χ3v) is 6.73. The van der Waals surface area contributed by atoms with Crippen molar-refractivity contribution in [2.24, 2.45) is 0 Å². The first-order valence-electron chi connectivity index (χ1n) is 11.7. The van der Waals surface area contributed by atoms with Crippen molar-refractivity contribution in [3.63, 3.8) is 0 Å². The van der Waals surface area contributed by atoms with Crippen LogP contribution in [0.4, 0.5) is 20.7 Å². The number of amides is 1. The van der Waals surface area contributed by atoms with Crippen molar-refractivity contribution < 1.29 is 18.3 Å². The Bertz CT molecular complexity index is 1230. The first-order chi connectivity index (χ1) is 16.8. The van der Waals surface area contributed by atoms with Crippen molar-refractivity contribution in [2.45, 2.75) is 39.3 Å². The summed E-state index contributed by atoms with van der Waals surface area (Å²) in [6, 6.07) is 6.92. The van der Waals surface area contributed by atoms with Crippen molar-refractivity contribution in [1.82, 2.24) is 29.4 Å². The van der Waals surface area contributed by atoms with Gasteiger partial charge < -0.3 is 19.4 Å². The number of carbonyl (C=O) groups is 1. The number of hydrogen-bond acceptors (Lipinski definition) is 8. The van der Waals surface area contributed by atoms with Gasteiger partial charge in [0.2, 0.25) is 23.8 Å². The van der Waals surface area contributed by atoms with Gasteiger partial charge in [-0.2, -0.15) is 15.0 Å². The van der Waals surface area contributed by atoms with Crippen LogP contribution in [-0.4, -0.2) is 86.8 Å². The normalized spacial score (nSPS) is 21.3. The van der Waals surface area contributed by atoms with E-state index in [0.29, 0.717) is 62.3 Å². The Balaban J connectivity index is 1.63. The van der Waals surface area contributed by atoms with Gasteiger partial charge in [-0.05, 0) is 26.0 Å². The van der Waals surface area contributed by atoms with Crippen LogP contribution in [0.5, 0.6) is 0 Å². The number of halogens is 2. The van der Waals surface area contributed by atoms with E-state index < -0.39 is 12.2 Å². The molecule has 2 aromatic heterocycles. The summed E-state index contributed by atoms with van der Waals surface area (Å²) in [7, 11) is 0. The largest absolute Gasteiger partial charge is 0.375 e. The number of piperazine rings is 1. The van der Waals surface area contributed by atoms with E-state index in [1.807, 2.05) is 23.6 Å². The number of benzene rings is 1. The van der Waals surface area contributed by atoms with E-state index in [4.69, 9.17) is 9.72 Å².